The lowest BCUT2D eigenvalue weighted by atomic mass is 10.2. The standard InChI is InChI=1S/C18H13ClFN5O3/c1-11-16(17(19)24(23-11)14-7-5-13(20)6-8-14)10-21-22-18(26)12-3-2-4-15(9-12)25(27)28/h2-10H,1H3,(H,22,26)/b21-10-. The zero-order valence-electron chi connectivity index (χ0n) is 14.5. The first-order chi connectivity index (χ1) is 13.4. The topological polar surface area (TPSA) is 102 Å². The molecule has 0 bridgehead atoms. The summed E-state index contributed by atoms with van der Waals surface area (Å²) in [5.74, 6) is -0.992. The van der Waals surface area contributed by atoms with Crippen molar-refractivity contribution in [1.82, 2.24) is 15.2 Å². The van der Waals surface area contributed by atoms with Crippen molar-refractivity contribution in [2.45, 2.75) is 6.92 Å². The van der Waals surface area contributed by atoms with E-state index in [1.54, 1.807) is 6.92 Å². The fourth-order valence-electron chi connectivity index (χ4n) is 2.39. The van der Waals surface area contributed by atoms with Gasteiger partial charge in [-0.2, -0.15) is 10.2 Å². The Hall–Kier alpha value is -3.59. The predicted octanol–water partition coefficient (Wildman–Crippen LogP) is 3.65. The van der Waals surface area contributed by atoms with Gasteiger partial charge in [0.2, 0.25) is 0 Å². The highest BCUT2D eigenvalue weighted by molar-refractivity contribution is 6.32. The van der Waals surface area contributed by atoms with Crippen LogP contribution in [0.4, 0.5) is 10.1 Å². The molecule has 10 heteroatoms. The molecule has 2 aromatic carbocycles. The minimum atomic E-state index is -0.611. The molecule has 1 aromatic heterocycles. The zero-order valence-corrected chi connectivity index (χ0v) is 15.2. The second-order valence-corrected chi connectivity index (χ2v) is 6.04. The molecule has 1 amide bonds. The van der Waals surface area contributed by atoms with Gasteiger partial charge in [0.05, 0.1) is 28.1 Å². The number of nitro groups is 1. The van der Waals surface area contributed by atoms with Crippen LogP contribution in [-0.4, -0.2) is 26.8 Å². The summed E-state index contributed by atoms with van der Waals surface area (Å²) < 4.78 is 14.5. The summed E-state index contributed by atoms with van der Waals surface area (Å²) in [6.45, 7) is 1.70. The third kappa shape index (κ3) is 4.04. The lowest BCUT2D eigenvalue weighted by Crippen LogP contribution is -2.17. The third-order valence-corrected chi connectivity index (χ3v) is 4.16. The molecule has 142 valence electrons. The summed E-state index contributed by atoms with van der Waals surface area (Å²) in [5.41, 5.74) is 3.75. The Bertz CT molecular complexity index is 1080. The van der Waals surface area contributed by atoms with E-state index in [0.717, 1.165) is 6.07 Å². The summed E-state index contributed by atoms with van der Waals surface area (Å²) in [5, 5.41) is 19.1. The second kappa shape index (κ2) is 7.97. The highest BCUT2D eigenvalue weighted by Crippen LogP contribution is 2.22. The molecule has 0 spiro atoms. The zero-order chi connectivity index (χ0) is 20.3. The number of nitro benzene ring substituents is 1. The number of non-ortho nitro benzene ring substituents is 1. The van der Waals surface area contributed by atoms with Gasteiger partial charge in [0.15, 0.2) is 0 Å². The van der Waals surface area contributed by atoms with Gasteiger partial charge in [-0.3, -0.25) is 14.9 Å². The number of nitrogens with zero attached hydrogens (tertiary/aromatic N) is 4. The third-order valence-electron chi connectivity index (χ3n) is 3.80. The van der Waals surface area contributed by atoms with E-state index >= 15 is 0 Å². The normalized spacial score (nSPS) is 11.0. The highest BCUT2D eigenvalue weighted by Gasteiger charge is 2.14. The van der Waals surface area contributed by atoms with Crippen molar-refractivity contribution >= 4 is 29.4 Å². The SMILES string of the molecule is Cc1nn(-c2ccc(F)cc2)c(Cl)c1/C=N\NC(=O)c1cccc([N+](=O)[O-])c1. The Balaban J connectivity index is 1.78. The number of aromatic nitrogens is 2. The van der Waals surface area contributed by atoms with Crippen molar-refractivity contribution in [1.29, 1.82) is 0 Å². The molecule has 0 aliphatic rings. The largest absolute Gasteiger partial charge is 0.271 e. The average molecular weight is 402 g/mol. The molecule has 1 N–H and O–H groups in total. The van der Waals surface area contributed by atoms with Crippen LogP contribution in [0.1, 0.15) is 21.6 Å². The van der Waals surface area contributed by atoms with Gasteiger partial charge in [-0.05, 0) is 37.3 Å². The van der Waals surface area contributed by atoms with Gasteiger partial charge >= 0.3 is 0 Å². The lowest BCUT2D eigenvalue weighted by Gasteiger charge is -2.02. The van der Waals surface area contributed by atoms with E-state index in [0.29, 0.717) is 16.9 Å². The van der Waals surface area contributed by atoms with Crippen molar-refractivity contribution in [3.8, 4) is 5.69 Å². The van der Waals surface area contributed by atoms with Gasteiger partial charge in [0.25, 0.3) is 11.6 Å². The van der Waals surface area contributed by atoms with Crippen LogP contribution in [0.5, 0.6) is 0 Å². The van der Waals surface area contributed by atoms with Crippen LogP contribution >= 0.6 is 11.6 Å². The number of amides is 1. The van der Waals surface area contributed by atoms with Crippen LogP contribution < -0.4 is 5.43 Å². The first-order valence-electron chi connectivity index (χ1n) is 7.95. The molecule has 0 unspecified atom stereocenters. The van der Waals surface area contributed by atoms with E-state index in [1.807, 2.05) is 0 Å². The van der Waals surface area contributed by atoms with E-state index in [1.165, 1.54) is 53.4 Å². The van der Waals surface area contributed by atoms with Gasteiger partial charge in [-0.15, -0.1) is 0 Å². The Kier molecular flexibility index (Phi) is 5.46. The molecule has 0 aliphatic heterocycles. The first-order valence-corrected chi connectivity index (χ1v) is 8.33. The number of halogens is 2. The van der Waals surface area contributed by atoms with Crippen LogP contribution in [0.15, 0.2) is 53.6 Å². The summed E-state index contributed by atoms with van der Waals surface area (Å²) in [7, 11) is 0. The number of rotatable bonds is 5. The highest BCUT2D eigenvalue weighted by atomic mass is 35.5. The number of nitrogens with one attached hydrogen (secondary N) is 1. The lowest BCUT2D eigenvalue weighted by molar-refractivity contribution is -0.384. The van der Waals surface area contributed by atoms with E-state index in [4.69, 9.17) is 11.6 Å². The van der Waals surface area contributed by atoms with Gasteiger partial charge in [-0.1, -0.05) is 17.7 Å². The fraction of sp³-hybridized carbons (Fsp3) is 0.0556. The van der Waals surface area contributed by atoms with Crippen molar-refractivity contribution in [2.24, 2.45) is 5.10 Å². The number of carbonyl (C=O) groups is 1. The maximum Gasteiger partial charge on any atom is 0.271 e. The number of carbonyl (C=O) groups excluding carboxylic acids is 1. The van der Waals surface area contributed by atoms with E-state index in [-0.39, 0.29) is 22.2 Å². The van der Waals surface area contributed by atoms with Crippen LogP contribution in [0, 0.1) is 22.9 Å². The fourth-order valence-corrected chi connectivity index (χ4v) is 2.71. The molecule has 0 saturated heterocycles. The molecule has 0 fully saturated rings. The molecule has 3 rings (SSSR count). The van der Waals surface area contributed by atoms with E-state index in [2.05, 4.69) is 15.6 Å². The summed E-state index contributed by atoms with van der Waals surface area (Å²) in [6.07, 6.45) is 1.32. The van der Waals surface area contributed by atoms with Crippen LogP contribution in [-0.2, 0) is 0 Å². The van der Waals surface area contributed by atoms with Crippen molar-refractivity contribution in [3.63, 3.8) is 0 Å². The Morgan fingerprint density at radius 2 is 2.04 bits per heavy atom. The number of aryl methyl sites for hydroxylation is 1. The summed E-state index contributed by atoms with van der Waals surface area (Å²) in [4.78, 5) is 22.3. The van der Waals surface area contributed by atoms with Crippen LogP contribution in [0.3, 0.4) is 0 Å². The maximum absolute atomic E-state index is 13.1. The molecule has 8 nitrogen and oxygen atoms in total. The second-order valence-electron chi connectivity index (χ2n) is 5.68. The Labute approximate surface area is 163 Å². The molecule has 0 saturated carbocycles. The predicted molar refractivity (Wildman–Crippen MR) is 101 cm³/mol. The molecule has 0 aliphatic carbocycles. The number of hydrogen-bond acceptors (Lipinski definition) is 5. The average Bonchev–Trinajstić information content (AvgIpc) is 2.96. The van der Waals surface area contributed by atoms with Gasteiger partial charge in [0.1, 0.15) is 11.0 Å². The smallest absolute Gasteiger partial charge is 0.267 e. The minimum absolute atomic E-state index is 0.0937. The summed E-state index contributed by atoms with van der Waals surface area (Å²) in [6, 6.07) is 10.9. The summed E-state index contributed by atoms with van der Waals surface area (Å²) >= 11 is 6.32. The molecule has 0 radical (unpaired) electrons. The van der Waals surface area contributed by atoms with E-state index in [9.17, 15) is 19.3 Å². The Morgan fingerprint density at radius 1 is 1.32 bits per heavy atom. The van der Waals surface area contributed by atoms with E-state index < -0.39 is 10.8 Å². The number of benzene rings is 2. The van der Waals surface area contributed by atoms with Crippen molar-refractivity contribution in [3.05, 3.63) is 86.4 Å². The first kappa shape index (κ1) is 19.2. The monoisotopic (exact) mass is 401 g/mol. The van der Waals surface area contributed by atoms with Crippen LogP contribution in [0.2, 0.25) is 5.15 Å². The van der Waals surface area contributed by atoms with Crippen LogP contribution in [0.25, 0.3) is 5.69 Å². The minimum Gasteiger partial charge on any atom is -0.267 e. The van der Waals surface area contributed by atoms with Gasteiger partial charge in [-0.25, -0.2) is 14.5 Å². The molecular formula is C18H13ClFN5O3. The van der Waals surface area contributed by atoms with Crippen molar-refractivity contribution in [2.75, 3.05) is 0 Å². The molecule has 28 heavy (non-hydrogen) atoms. The van der Waals surface area contributed by atoms with Gasteiger partial charge < -0.3 is 0 Å². The Morgan fingerprint density at radius 3 is 2.71 bits per heavy atom. The van der Waals surface area contributed by atoms with Crippen molar-refractivity contribution < 1.29 is 14.1 Å². The number of hydrogen-bond donors (Lipinski definition) is 1. The molecule has 3 aromatic rings. The quantitative estimate of drug-likeness (QED) is 0.400. The van der Waals surface area contributed by atoms with Gasteiger partial charge in [0, 0.05) is 17.7 Å². The molecule has 1 heterocycles. The number of hydrazone groups is 1. The maximum atomic E-state index is 13.1. The molecule has 0 atom stereocenters. The molecular weight excluding hydrogens is 389 g/mol.